The summed E-state index contributed by atoms with van der Waals surface area (Å²) in [5, 5.41) is 11.5. The van der Waals surface area contributed by atoms with Gasteiger partial charge in [0.2, 0.25) is 5.88 Å². The Balaban J connectivity index is 1.97. The molecule has 122 valence electrons. The summed E-state index contributed by atoms with van der Waals surface area (Å²) in [5.74, 6) is -1.83. The summed E-state index contributed by atoms with van der Waals surface area (Å²) in [7, 11) is 0. The van der Waals surface area contributed by atoms with Gasteiger partial charge in [-0.2, -0.15) is 0 Å². The molecule has 1 heterocycles. The fourth-order valence-corrected chi connectivity index (χ4v) is 1.74. The molecule has 0 fully saturated rings. The first-order valence-electron chi connectivity index (χ1n) is 6.59. The molecule has 0 spiro atoms. The summed E-state index contributed by atoms with van der Waals surface area (Å²) in [6.45, 7) is -0.813. The van der Waals surface area contributed by atoms with Crippen molar-refractivity contribution in [1.29, 1.82) is 0 Å². The lowest BCUT2D eigenvalue weighted by Crippen LogP contribution is -2.24. The highest BCUT2D eigenvalue weighted by molar-refractivity contribution is 5.94. The smallest absolute Gasteiger partial charge is 0.272 e. The van der Waals surface area contributed by atoms with E-state index < -0.39 is 24.8 Å². The molecule has 1 aromatic heterocycles. The number of hydrogen-bond acceptors (Lipinski definition) is 4. The summed E-state index contributed by atoms with van der Waals surface area (Å²) >= 11 is 0. The van der Waals surface area contributed by atoms with E-state index in [1.165, 1.54) is 18.2 Å². The number of nitrogens with zero attached hydrogens (tertiary/aromatic N) is 1. The topological polar surface area (TPSA) is 71.5 Å². The Morgan fingerprint density at radius 1 is 1.30 bits per heavy atom. The minimum Gasteiger partial charge on any atom is -0.508 e. The highest BCUT2D eigenvalue weighted by Crippen LogP contribution is 2.15. The van der Waals surface area contributed by atoms with E-state index in [1.54, 1.807) is 6.07 Å². The Morgan fingerprint density at radius 3 is 2.78 bits per heavy atom. The zero-order valence-corrected chi connectivity index (χ0v) is 11.8. The monoisotopic (exact) mass is 326 g/mol. The van der Waals surface area contributed by atoms with Crippen LogP contribution in [0.25, 0.3) is 0 Å². The van der Waals surface area contributed by atoms with Crippen LogP contribution in [0.1, 0.15) is 16.1 Å². The SMILES string of the molecule is O=C(NCc1cccc(OCC(F)F)n1)c1ccc(O)cc1F. The van der Waals surface area contributed by atoms with E-state index in [0.717, 1.165) is 12.1 Å². The van der Waals surface area contributed by atoms with Gasteiger partial charge in [0.15, 0.2) is 6.61 Å². The Hall–Kier alpha value is -2.77. The number of ether oxygens (including phenoxy) is 1. The van der Waals surface area contributed by atoms with E-state index in [2.05, 4.69) is 10.3 Å². The van der Waals surface area contributed by atoms with Crippen molar-refractivity contribution >= 4 is 5.91 Å². The van der Waals surface area contributed by atoms with Gasteiger partial charge in [0, 0.05) is 12.1 Å². The van der Waals surface area contributed by atoms with Crippen LogP contribution in [0.3, 0.4) is 0 Å². The quantitative estimate of drug-likeness (QED) is 0.855. The van der Waals surface area contributed by atoms with Crippen molar-refractivity contribution in [3.8, 4) is 11.6 Å². The van der Waals surface area contributed by atoms with Gasteiger partial charge in [0.1, 0.15) is 11.6 Å². The lowest BCUT2D eigenvalue weighted by molar-refractivity contribution is 0.0795. The molecule has 1 amide bonds. The Morgan fingerprint density at radius 2 is 2.09 bits per heavy atom. The molecule has 0 radical (unpaired) electrons. The number of carbonyl (C=O) groups is 1. The summed E-state index contributed by atoms with van der Waals surface area (Å²) in [5.41, 5.74) is 0.136. The molecular formula is C15H13F3N2O3. The molecule has 2 N–H and O–H groups in total. The number of hydrogen-bond donors (Lipinski definition) is 2. The predicted molar refractivity (Wildman–Crippen MR) is 75.0 cm³/mol. The zero-order chi connectivity index (χ0) is 16.8. The van der Waals surface area contributed by atoms with E-state index in [1.807, 2.05) is 0 Å². The number of benzene rings is 1. The molecule has 2 aromatic rings. The van der Waals surface area contributed by atoms with Crippen molar-refractivity contribution < 1.29 is 27.8 Å². The third kappa shape index (κ3) is 4.87. The average molecular weight is 326 g/mol. The second-order valence-corrected chi connectivity index (χ2v) is 4.52. The number of aromatic hydroxyl groups is 1. The number of nitrogens with one attached hydrogen (secondary N) is 1. The minimum absolute atomic E-state index is 0.00728. The molecule has 0 aliphatic rings. The van der Waals surface area contributed by atoms with Gasteiger partial charge >= 0.3 is 0 Å². The van der Waals surface area contributed by atoms with Crippen LogP contribution in [0.5, 0.6) is 11.6 Å². The molecule has 8 heteroatoms. The molecule has 1 aromatic carbocycles. The highest BCUT2D eigenvalue weighted by Gasteiger charge is 2.12. The fraction of sp³-hybridized carbons (Fsp3) is 0.200. The molecule has 0 atom stereocenters. The largest absolute Gasteiger partial charge is 0.508 e. The van der Waals surface area contributed by atoms with Crippen LogP contribution in [0, 0.1) is 5.82 Å². The maximum Gasteiger partial charge on any atom is 0.272 e. The van der Waals surface area contributed by atoms with E-state index in [-0.39, 0.29) is 23.7 Å². The number of aromatic nitrogens is 1. The van der Waals surface area contributed by atoms with Crippen LogP contribution in [-0.4, -0.2) is 29.0 Å². The Kier molecular flexibility index (Phi) is 5.40. The normalized spacial score (nSPS) is 10.6. The zero-order valence-electron chi connectivity index (χ0n) is 11.8. The van der Waals surface area contributed by atoms with Crippen LogP contribution in [-0.2, 0) is 6.54 Å². The van der Waals surface area contributed by atoms with E-state index in [0.29, 0.717) is 5.69 Å². The van der Waals surface area contributed by atoms with Gasteiger partial charge in [-0.05, 0) is 18.2 Å². The molecule has 0 bridgehead atoms. The third-order valence-electron chi connectivity index (χ3n) is 2.77. The fourth-order valence-electron chi connectivity index (χ4n) is 1.74. The van der Waals surface area contributed by atoms with Gasteiger partial charge in [0.25, 0.3) is 12.3 Å². The first-order valence-corrected chi connectivity index (χ1v) is 6.59. The molecule has 0 saturated carbocycles. The van der Waals surface area contributed by atoms with Crippen molar-refractivity contribution in [1.82, 2.24) is 10.3 Å². The van der Waals surface area contributed by atoms with Gasteiger partial charge < -0.3 is 15.2 Å². The van der Waals surface area contributed by atoms with Crippen LogP contribution in [0.15, 0.2) is 36.4 Å². The summed E-state index contributed by atoms with van der Waals surface area (Å²) in [4.78, 5) is 15.8. The summed E-state index contributed by atoms with van der Waals surface area (Å²) in [6, 6.07) is 7.67. The van der Waals surface area contributed by atoms with Gasteiger partial charge in [-0.15, -0.1) is 0 Å². The van der Waals surface area contributed by atoms with Crippen LogP contribution in [0.4, 0.5) is 13.2 Å². The number of halogens is 3. The third-order valence-corrected chi connectivity index (χ3v) is 2.77. The van der Waals surface area contributed by atoms with Gasteiger partial charge in [-0.1, -0.05) is 6.07 Å². The first-order chi connectivity index (χ1) is 11.0. The van der Waals surface area contributed by atoms with Gasteiger partial charge in [0.05, 0.1) is 17.8 Å². The molecular weight excluding hydrogens is 313 g/mol. The van der Waals surface area contributed by atoms with Gasteiger partial charge in [-0.3, -0.25) is 4.79 Å². The Labute approximate surface area is 129 Å². The molecule has 0 aliphatic heterocycles. The van der Waals surface area contributed by atoms with Crippen molar-refractivity contribution in [2.24, 2.45) is 0 Å². The number of phenolic OH excluding ortho intramolecular Hbond substituents is 1. The van der Waals surface area contributed by atoms with Crippen molar-refractivity contribution in [3.05, 3.63) is 53.5 Å². The van der Waals surface area contributed by atoms with E-state index in [9.17, 15) is 18.0 Å². The van der Waals surface area contributed by atoms with Crippen LogP contribution in [0.2, 0.25) is 0 Å². The maximum atomic E-state index is 13.5. The summed E-state index contributed by atoms with van der Waals surface area (Å²) < 4.78 is 42.4. The average Bonchev–Trinajstić information content (AvgIpc) is 2.51. The molecule has 23 heavy (non-hydrogen) atoms. The second kappa shape index (κ2) is 7.48. The lowest BCUT2D eigenvalue weighted by atomic mass is 10.2. The number of carbonyl (C=O) groups excluding carboxylic acids is 1. The lowest BCUT2D eigenvalue weighted by Gasteiger charge is -2.08. The number of amides is 1. The van der Waals surface area contributed by atoms with E-state index in [4.69, 9.17) is 9.84 Å². The molecule has 0 aliphatic carbocycles. The first kappa shape index (κ1) is 16.6. The van der Waals surface area contributed by atoms with E-state index >= 15 is 0 Å². The van der Waals surface area contributed by atoms with Gasteiger partial charge in [-0.25, -0.2) is 18.2 Å². The van der Waals surface area contributed by atoms with Crippen molar-refractivity contribution in [2.75, 3.05) is 6.61 Å². The molecule has 5 nitrogen and oxygen atoms in total. The second-order valence-electron chi connectivity index (χ2n) is 4.52. The molecule has 0 saturated heterocycles. The van der Waals surface area contributed by atoms with Crippen LogP contribution < -0.4 is 10.1 Å². The standard InChI is InChI=1S/C15H13F3N2O3/c16-12-6-10(21)4-5-11(12)15(22)19-7-9-2-1-3-14(20-9)23-8-13(17)18/h1-6,13,21H,7-8H2,(H,19,22). The number of phenols is 1. The Bertz CT molecular complexity index is 695. The number of pyridine rings is 1. The predicted octanol–water partition coefficient (Wildman–Crippen LogP) is 2.50. The molecule has 2 rings (SSSR count). The number of rotatable bonds is 6. The van der Waals surface area contributed by atoms with Crippen LogP contribution >= 0.6 is 0 Å². The van der Waals surface area contributed by atoms with Crippen molar-refractivity contribution in [2.45, 2.75) is 13.0 Å². The molecule has 0 unspecified atom stereocenters. The summed E-state index contributed by atoms with van der Waals surface area (Å²) in [6.07, 6.45) is -2.61. The minimum atomic E-state index is -2.61. The number of alkyl halides is 2. The van der Waals surface area contributed by atoms with Crippen molar-refractivity contribution in [3.63, 3.8) is 0 Å². The highest BCUT2D eigenvalue weighted by atomic mass is 19.3. The maximum absolute atomic E-state index is 13.5.